The molecule has 0 atom stereocenters. The summed E-state index contributed by atoms with van der Waals surface area (Å²) in [5.41, 5.74) is 5.12. The van der Waals surface area contributed by atoms with Crippen LogP contribution >= 0.6 is 0 Å². The molecule has 1 aliphatic rings. The summed E-state index contributed by atoms with van der Waals surface area (Å²) in [5.74, 6) is -1.38. The average molecular weight is 422 g/mol. The number of hydrogen-bond donors (Lipinski definition) is 1. The van der Waals surface area contributed by atoms with Crippen LogP contribution < -0.4 is 5.32 Å². The predicted octanol–water partition coefficient (Wildman–Crippen LogP) is 3.84. The van der Waals surface area contributed by atoms with E-state index < -0.39 is 17.7 Å². The van der Waals surface area contributed by atoms with Crippen LogP contribution in [0.3, 0.4) is 0 Å². The molecule has 0 saturated heterocycles. The van der Waals surface area contributed by atoms with Gasteiger partial charge < -0.3 is 5.32 Å². The first-order chi connectivity index (χ1) is 15.5. The van der Waals surface area contributed by atoms with Crippen molar-refractivity contribution in [3.8, 4) is 11.3 Å². The van der Waals surface area contributed by atoms with Gasteiger partial charge in [0.1, 0.15) is 6.54 Å². The van der Waals surface area contributed by atoms with Crippen molar-refractivity contribution >= 4 is 34.4 Å². The summed E-state index contributed by atoms with van der Waals surface area (Å²) >= 11 is 0. The Morgan fingerprint density at radius 1 is 0.906 bits per heavy atom. The Morgan fingerprint density at radius 3 is 2.28 bits per heavy atom. The van der Waals surface area contributed by atoms with Crippen molar-refractivity contribution in [1.29, 1.82) is 0 Å². The fourth-order valence-electron chi connectivity index (χ4n) is 3.73. The van der Waals surface area contributed by atoms with Gasteiger partial charge in [0.05, 0.1) is 34.1 Å². The van der Waals surface area contributed by atoms with Gasteiger partial charge >= 0.3 is 0 Å². The van der Waals surface area contributed by atoms with E-state index in [1.54, 1.807) is 30.5 Å². The zero-order valence-corrected chi connectivity index (χ0v) is 17.2. The van der Waals surface area contributed by atoms with Gasteiger partial charge in [-0.05, 0) is 42.8 Å². The summed E-state index contributed by atoms with van der Waals surface area (Å²) in [4.78, 5) is 47.8. The number of amides is 3. The van der Waals surface area contributed by atoms with Crippen LogP contribution in [0.2, 0.25) is 0 Å². The fourth-order valence-corrected chi connectivity index (χ4v) is 3.73. The predicted molar refractivity (Wildman–Crippen MR) is 120 cm³/mol. The topological polar surface area (TPSA) is 92.3 Å². The second-order valence-corrected chi connectivity index (χ2v) is 7.56. The molecule has 1 aliphatic heterocycles. The van der Waals surface area contributed by atoms with Crippen LogP contribution in [0, 0.1) is 6.92 Å². The van der Waals surface area contributed by atoms with E-state index in [1.807, 2.05) is 49.4 Å². The second-order valence-electron chi connectivity index (χ2n) is 7.56. The third-order valence-electron chi connectivity index (χ3n) is 5.44. The Labute approximate surface area is 183 Å². The molecular weight excluding hydrogens is 404 g/mol. The van der Waals surface area contributed by atoms with Crippen molar-refractivity contribution in [2.24, 2.45) is 0 Å². The van der Waals surface area contributed by atoms with Crippen molar-refractivity contribution in [3.05, 3.63) is 89.6 Å². The summed E-state index contributed by atoms with van der Waals surface area (Å²) in [6.07, 6.45) is 1.69. The van der Waals surface area contributed by atoms with Crippen LogP contribution in [0.25, 0.3) is 22.3 Å². The molecule has 32 heavy (non-hydrogen) atoms. The maximum atomic E-state index is 12.7. The molecule has 0 bridgehead atoms. The summed E-state index contributed by atoms with van der Waals surface area (Å²) in [5, 5.41) is 2.82. The third-order valence-corrected chi connectivity index (χ3v) is 5.44. The van der Waals surface area contributed by atoms with Gasteiger partial charge in [0.15, 0.2) is 0 Å². The lowest BCUT2D eigenvalue weighted by Gasteiger charge is -2.15. The Bertz CT molecular complexity index is 1380. The highest BCUT2D eigenvalue weighted by Gasteiger charge is 2.36. The van der Waals surface area contributed by atoms with E-state index in [4.69, 9.17) is 0 Å². The molecule has 156 valence electrons. The lowest BCUT2D eigenvalue weighted by molar-refractivity contribution is -0.116. The highest BCUT2D eigenvalue weighted by molar-refractivity contribution is 6.22. The third kappa shape index (κ3) is 3.39. The van der Waals surface area contributed by atoms with Crippen LogP contribution in [0.5, 0.6) is 0 Å². The van der Waals surface area contributed by atoms with E-state index in [9.17, 15) is 14.4 Å². The van der Waals surface area contributed by atoms with Crippen molar-refractivity contribution in [2.45, 2.75) is 6.92 Å². The quantitative estimate of drug-likeness (QED) is 0.505. The number of rotatable bonds is 4. The molecule has 1 N–H and O–H groups in total. The number of nitrogens with one attached hydrogen (secondary N) is 1. The second kappa shape index (κ2) is 7.70. The summed E-state index contributed by atoms with van der Waals surface area (Å²) < 4.78 is 0. The number of aryl methyl sites for hydroxylation is 1. The smallest absolute Gasteiger partial charge is 0.262 e. The largest absolute Gasteiger partial charge is 0.324 e. The van der Waals surface area contributed by atoms with Crippen LogP contribution in [-0.2, 0) is 4.79 Å². The minimum absolute atomic E-state index is 0.318. The number of nitrogens with zero attached hydrogens (tertiary/aromatic N) is 3. The molecule has 0 fully saturated rings. The number of aromatic nitrogens is 2. The summed E-state index contributed by atoms with van der Waals surface area (Å²) in [7, 11) is 0. The molecule has 2 heterocycles. The number of carbonyl (C=O) groups excluding carboxylic acids is 3. The minimum Gasteiger partial charge on any atom is -0.324 e. The Morgan fingerprint density at radius 2 is 1.56 bits per heavy atom. The molecule has 3 amide bonds. The molecule has 0 aliphatic carbocycles. The van der Waals surface area contributed by atoms with Gasteiger partial charge in [-0.15, -0.1) is 0 Å². The number of anilines is 1. The molecule has 7 heteroatoms. The van der Waals surface area contributed by atoms with Crippen LogP contribution in [0.1, 0.15) is 26.3 Å². The molecule has 5 rings (SSSR count). The van der Waals surface area contributed by atoms with Gasteiger partial charge in [0.2, 0.25) is 5.91 Å². The average Bonchev–Trinajstić information content (AvgIpc) is 3.05. The lowest BCUT2D eigenvalue weighted by atomic mass is 10.1. The molecule has 1 aromatic heterocycles. The summed E-state index contributed by atoms with van der Waals surface area (Å²) in [6, 6.07) is 19.8. The molecule has 4 aromatic rings. The van der Waals surface area contributed by atoms with E-state index in [0.717, 1.165) is 27.1 Å². The van der Waals surface area contributed by atoms with Gasteiger partial charge in [-0.2, -0.15) is 0 Å². The maximum absolute atomic E-state index is 12.7. The maximum Gasteiger partial charge on any atom is 0.262 e. The molecule has 0 saturated carbocycles. The number of para-hydroxylation sites is 2. The van der Waals surface area contributed by atoms with Crippen LogP contribution in [-0.4, -0.2) is 39.1 Å². The zero-order chi connectivity index (χ0) is 22.2. The van der Waals surface area contributed by atoms with Crippen LogP contribution in [0.15, 0.2) is 72.9 Å². The normalized spacial score (nSPS) is 12.8. The highest BCUT2D eigenvalue weighted by Crippen LogP contribution is 2.26. The molecule has 0 radical (unpaired) electrons. The number of fused-ring (bicyclic) bond motifs is 2. The van der Waals surface area contributed by atoms with Gasteiger partial charge in [-0.1, -0.05) is 36.4 Å². The Hall–Kier alpha value is -4.39. The number of benzene rings is 3. The lowest BCUT2D eigenvalue weighted by Crippen LogP contribution is -2.37. The molecule has 7 nitrogen and oxygen atoms in total. The highest BCUT2D eigenvalue weighted by atomic mass is 16.2. The molecule has 3 aromatic carbocycles. The van der Waals surface area contributed by atoms with Gasteiger partial charge in [0, 0.05) is 11.3 Å². The van der Waals surface area contributed by atoms with Crippen molar-refractivity contribution in [1.82, 2.24) is 14.9 Å². The first-order valence-electron chi connectivity index (χ1n) is 10.1. The first-order valence-corrected chi connectivity index (χ1v) is 10.1. The minimum atomic E-state index is -0.460. The van der Waals surface area contributed by atoms with E-state index in [0.29, 0.717) is 22.5 Å². The van der Waals surface area contributed by atoms with E-state index in [1.165, 1.54) is 0 Å². The van der Waals surface area contributed by atoms with Gasteiger partial charge in [-0.3, -0.25) is 24.3 Å². The zero-order valence-electron chi connectivity index (χ0n) is 17.2. The van der Waals surface area contributed by atoms with Crippen LogP contribution in [0.4, 0.5) is 5.69 Å². The number of imide groups is 1. The van der Waals surface area contributed by atoms with Crippen molar-refractivity contribution < 1.29 is 14.4 Å². The SMILES string of the molecule is Cc1ccc(-c2cnc3ccccc3n2)cc1NC(=O)CN1C(=O)c2ccccc2C1=O. The first kappa shape index (κ1) is 19.6. The number of carbonyl (C=O) groups is 3. The fraction of sp³-hybridized carbons (Fsp3) is 0.0800. The molecule has 0 unspecified atom stereocenters. The van der Waals surface area contributed by atoms with E-state index in [2.05, 4.69) is 15.3 Å². The van der Waals surface area contributed by atoms with Crippen molar-refractivity contribution in [3.63, 3.8) is 0 Å². The van der Waals surface area contributed by atoms with Crippen molar-refractivity contribution in [2.75, 3.05) is 11.9 Å². The number of hydrogen-bond acceptors (Lipinski definition) is 5. The Kier molecular flexibility index (Phi) is 4.71. The Balaban J connectivity index is 1.37. The van der Waals surface area contributed by atoms with Gasteiger partial charge in [-0.25, -0.2) is 4.98 Å². The monoisotopic (exact) mass is 422 g/mol. The molecular formula is C25H18N4O3. The van der Waals surface area contributed by atoms with Gasteiger partial charge in [0.25, 0.3) is 11.8 Å². The van der Waals surface area contributed by atoms with E-state index >= 15 is 0 Å². The standard InChI is InChI=1S/C25H18N4O3/c1-15-10-11-16(22-13-26-19-8-4-5-9-20(19)27-22)12-21(15)28-23(30)14-29-24(31)17-6-2-3-7-18(17)25(29)32/h2-13H,14H2,1H3,(H,28,30). The van der Waals surface area contributed by atoms with E-state index in [-0.39, 0.29) is 6.54 Å². The molecule has 0 spiro atoms. The summed E-state index contributed by atoms with van der Waals surface area (Å²) in [6.45, 7) is 1.51.